The van der Waals surface area contributed by atoms with Gasteiger partial charge in [-0.15, -0.1) is 0 Å². The monoisotopic (exact) mass is 1040 g/mol. The van der Waals surface area contributed by atoms with E-state index in [9.17, 15) is 14.4 Å². The summed E-state index contributed by atoms with van der Waals surface area (Å²) in [4.78, 5) is 38.3. The average molecular weight is 1040 g/mol. The molecule has 1 unspecified atom stereocenters. The van der Waals surface area contributed by atoms with E-state index in [0.29, 0.717) is 19.3 Å². The number of allylic oxidation sites excluding steroid dienone is 8. The van der Waals surface area contributed by atoms with E-state index >= 15 is 0 Å². The molecule has 0 rings (SSSR count). The van der Waals surface area contributed by atoms with Crippen molar-refractivity contribution in [2.24, 2.45) is 0 Å². The molecule has 0 aliphatic heterocycles. The van der Waals surface area contributed by atoms with Crippen molar-refractivity contribution in [3.8, 4) is 0 Å². The number of ether oxygens (including phenoxy) is 3. The van der Waals surface area contributed by atoms with E-state index in [2.05, 4.69) is 69.4 Å². The van der Waals surface area contributed by atoms with E-state index in [-0.39, 0.29) is 31.1 Å². The highest BCUT2D eigenvalue weighted by molar-refractivity contribution is 5.71. The van der Waals surface area contributed by atoms with Gasteiger partial charge in [-0.2, -0.15) is 0 Å². The average Bonchev–Trinajstić information content (AvgIpc) is 3.40. The van der Waals surface area contributed by atoms with Gasteiger partial charge in [-0.3, -0.25) is 14.4 Å². The van der Waals surface area contributed by atoms with Gasteiger partial charge in [-0.05, 0) is 83.5 Å². The van der Waals surface area contributed by atoms with Crippen molar-refractivity contribution in [1.82, 2.24) is 0 Å². The van der Waals surface area contributed by atoms with Crippen LogP contribution in [0.5, 0.6) is 0 Å². The lowest BCUT2D eigenvalue weighted by molar-refractivity contribution is -0.167. The van der Waals surface area contributed by atoms with E-state index in [1.165, 1.54) is 231 Å². The zero-order chi connectivity index (χ0) is 53.6. The van der Waals surface area contributed by atoms with Gasteiger partial charge < -0.3 is 14.2 Å². The molecule has 0 aliphatic rings. The van der Waals surface area contributed by atoms with Crippen molar-refractivity contribution in [1.29, 1.82) is 0 Å². The number of rotatable bonds is 60. The molecule has 0 saturated heterocycles. The smallest absolute Gasteiger partial charge is 0.306 e. The topological polar surface area (TPSA) is 78.9 Å². The van der Waals surface area contributed by atoms with Crippen molar-refractivity contribution in [2.45, 2.75) is 354 Å². The van der Waals surface area contributed by atoms with Crippen molar-refractivity contribution in [3.05, 3.63) is 48.6 Å². The van der Waals surface area contributed by atoms with Crippen LogP contribution in [-0.4, -0.2) is 37.2 Å². The molecule has 432 valence electrons. The molecule has 0 aromatic heterocycles. The van der Waals surface area contributed by atoms with Gasteiger partial charge in [0.2, 0.25) is 0 Å². The summed E-state index contributed by atoms with van der Waals surface area (Å²) in [5.74, 6) is -0.863. The molecule has 6 nitrogen and oxygen atoms in total. The highest BCUT2D eigenvalue weighted by atomic mass is 16.6. The van der Waals surface area contributed by atoms with Crippen LogP contribution in [0.1, 0.15) is 348 Å². The molecule has 0 aromatic carbocycles. The van der Waals surface area contributed by atoms with Crippen LogP contribution < -0.4 is 0 Å². The molecule has 0 bridgehead atoms. The van der Waals surface area contributed by atoms with Gasteiger partial charge in [0.1, 0.15) is 13.2 Å². The Hall–Kier alpha value is -2.63. The number of hydrogen-bond acceptors (Lipinski definition) is 6. The first kappa shape index (κ1) is 71.4. The third kappa shape index (κ3) is 60.2. The Morgan fingerprint density at radius 2 is 0.486 bits per heavy atom. The van der Waals surface area contributed by atoms with E-state index in [4.69, 9.17) is 14.2 Å². The first-order chi connectivity index (χ1) is 36.5. The summed E-state index contributed by atoms with van der Waals surface area (Å²) in [6.45, 7) is 6.65. The summed E-state index contributed by atoms with van der Waals surface area (Å²) >= 11 is 0. The predicted molar refractivity (Wildman–Crippen MR) is 321 cm³/mol. The van der Waals surface area contributed by atoms with E-state index in [0.717, 1.165) is 77.0 Å². The molecular formula is C68H124O6. The highest BCUT2D eigenvalue weighted by Crippen LogP contribution is 2.17. The van der Waals surface area contributed by atoms with Crippen LogP contribution in [0.2, 0.25) is 0 Å². The number of esters is 3. The van der Waals surface area contributed by atoms with Gasteiger partial charge in [-0.1, -0.05) is 294 Å². The molecule has 0 radical (unpaired) electrons. The Kier molecular flexibility index (Phi) is 60.7. The second kappa shape index (κ2) is 62.9. The SMILES string of the molecule is CCCCC/C=C\CCCCCCCC(=O)OCC(COC(=O)CCCCCCCCCCCCCC/C=C\C/C=C\C/C=C\CCCCCCC)OC(=O)CCCCCCCCCCCCCCCCCCC. The molecule has 0 amide bonds. The number of hydrogen-bond donors (Lipinski definition) is 0. The summed E-state index contributed by atoms with van der Waals surface area (Å²) in [6, 6.07) is 0. The molecule has 0 fully saturated rings. The van der Waals surface area contributed by atoms with Crippen LogP contribution in [0.15, 0.2) is 48.6 Å². The molecule has 0 heterocycles. The maximum absolute atomic E-state index is 12.9. The van der Waals surface area contributed by atoms with Crippen LogP contribution in [0.4, 0.5) is 0 Å². The second-order valence-electron chi connectivity index (χ2n) is 22.0. The number of unbranched alkanes of at least 4 members (excludes halogenated alkanes) is 41. The third-order valence-corrected chi connectivity index (χ3v) is 14.6. The molecule has 0 spiro atoms. The molecule has 0 saturated carbocycles. The third-order valence-electron chi connectivity index (χ3n) is 14.6. The van der Waals surface area contributed by atoms with Gasteiger partial charge in [0.25, 0.3) is 0 Å². The fraction of sp³-hybridized carbons (Fsp3) is 0.838. The molecule has 0 N–H and O–H groups in total. The van der Waals surface area contributed by atoms with Crippen molar-refractivity contribution in [3.63, 3.8) is 0 Å². The summed E-state index contributed by atoms with van der Waals surface area (Å²) in [5.41, 5.74) is 0. The Labute approximate surface area is 460 Å². The summed E-state index contributed by atoms with van der Waals surface area (Å²) in [7, 11) is 0. The minimum atomic E-state index is -0.775. The Balaban J connectivity index is 4.22. The molecular weight excluding hydrogens is 913 g/mol. The maximum atomic E-state index is 12.9. The molecule has 1 atom stereocenters. The molecule has 74 heavy (non-hydrogen) atoms. The standard InChI is InChI=1S/C68H124O6/c1-4-7-10-13-16-19-22-25-27-29-30-31-32-33-34-35-36-37-38-40-41-43-46-49-52-55-58-61-67(70)73-64-65(63-72-66(69)60-57-54-51-48-45-24-21-18-15-12-9-6-3)74-68(71)62-59-56-53-50-47-44-42-39-28-26-23-20-17-14-11-8-5-2/h18,21-22,25,29-30,32-33,65H,4-17,19-20,23-24,26-28,31,34-64H2,1-3H3/b21-18-,25-22-,30-29-,33-32-. The minimum Gasteiger partial charge on any atom is -0.462 e. The first-order valence-electron chi connectivity index (χ1n) is 32.6. The Morgan fingerprint density at radius 3 is 0.797 bits per heavy atom. The fourth-order valence-corrected chi connectivity index (χ4v) is 9.62. The van der Waals surface area contributed by atoms with E-state index < -0.39 is 6.10 Å². The van der Waals surface area contributed by atoms with Gasteiger partial charge in [-0.25, -0.2) is 0 Å². The molecule has 6 heteroatoms. The minimum absolute atomic E-state index is 0.0728. The van der Waals surface area contributed by atoms with Crippen LogP contribution >= 0.6 is 0 Å². The summed E-state index contributed by atoms with van der Waals surface area (Å²) in [6.07, 6.45) is 78.4. The zero-order valence-corrected chi connectivity index (χ0v) is 49.6. The Bertz CT molecular complexity index is 1280. The van der Waals surface area contributed by atoms with Crippen LogP contribution in [0.25, 0.3) is 0 Å². The van der Waals surface area contributed by atoms with Crippen LogP contribution in [-0.2, 0) is 28.6 Å². The number of carbonyl (C=O) groups excluding carboxylic acids is 3. The van der Waals surface area contributed by atoms with Gasteiger partial charge in [0.05, 0.1) is 0 Å². The molecule has 0 aliphatic carbocycles. The maximum Gasteiger partial charge on any atom is 0.306 e. The summed E-state index contributed by atoms with van der Waals surface area (Å²) in [5, 5.41) is 0. The lowest BCUT2D eigenvalue weighted by Gasteiger charge is -2.18. The lowest BCUT2D eigenvalue weighted by Crippen LogP contribution is -2.30. The highest BCUT2D eigenvalue weighted by Gasteiger charge is 2.19. The normalized spacial score (nSPS) is 12.3. The van der Waals surface area contributed by atoms with Crippen molar-refractivity contribution >= 4 is 17.9 Å². The van der Waals surface area contributed by atoms with Crippen molar-refractivity contribution < 1.29 is 28.6 Å². The van der Waals surface area contributed by atoms with Gasteiger partial charge in [0, 0.05) is 19.3 Å². The predicted octanol–water partition coefficient (Wildman–Crippen LogP) is 22.2. The quantitative estimate of drug-likeness (QED) is 0.0261. The van der Waals surface area contributed by atoms with Crippen molar-refractivity contribution in [2.75, 3.05) is 13.2 Å². The van der Waals surface area contributed by atoms with E-state index in [1.807, 2.05) is 0 Å². The summed E-state index contributed by atoms with van der Waals surface area (Å²) < 4.78 is 16.9. The van der Waals surface area contributed by atoms with Gasteiger partial charge >= 0.3 is 17.9 Å². The molecule has 0 aromatic rings. The van der Waals surface area contributed by atoms with Crippen LogP contribution in [0, 0.1) is 0 Å². The van der Waals surface area contributed by atoms with E-state index in [1.54, 1.807) is 0 Å². The largest absolute Gasteiger partial charge is 0.462 e. The Morgan fingerprint density at radius 1 is 0.270 bits per heavy atom. The first-order valence-corrected chi connectivity index (χ1v) is 32.6. The fourth-order valence-electron chi connectivity index (χ4n) is 9.62. The van der Waals surface area contributed by atoms with Gasteiger partial charge in [0.15, 0.2) is 6.10 Å². The zero-order valence-electron chi connectivity index (χ0n) is 49.6. The number of carbonyl (C=O) groups is 3. The lowest BCUT2D eigenvalue weighted by atomic mass is 10.0. The second-order valence-corrected chi connectivity index (χ2v) is 22.0. The van der Waals surface area contributed by atoms with Crippen LogP contribution in [0.3, 0.4) is 0 Å².